The van der Waals surface area contributed by atoms with E-state index in [2.05, 4.69) is 130 Å². The summed E-state index contributed by atoms with van der Waals surface area (Å²) in [6.45, 7) is 28.0. The van der Waals surface area contributed by atoms with Crippen LogP contribution in [-0.2, 0) is 32.7 Å². The molecule has 0 saturated carbocycles. The molecule has 1 amide bonds. The van der Waals surface area contributed by atoms with Crippen molar-refractivity contribution in [2.75, 3.05) is 26.3 Å². The van der Waals surface area contributed by atoms with Gasteiger partial charge < -0.3 is 29.4 Å². The van der Waals surface area contributed by atoms with Crippen molar-refractivity contribution in [3.63, 3.8) is 0 Å². The molecule has 304 valence electrons. The van der Waals surface area contributed by atoms with Crippen LogP contribution in [0.2, 0.25) is 0 Å². The maximum Gasteiger partial charge on any atom is 1.00 e. The molecule has 8 nitrogen and oxygen atoms in total. The first-order valence-electron chi connectivity index (χ1n) is 20.0. The number of hydrogen-bond acceptors (Lipinski definition) is 6. The molecule has 0 spiro atoms. The van der Waals surface area contributed by atoms with Crippen molar-refractivity contribution in [3.8, 4) is 11.5 Å². The Balaban J connectivity index is 0.0000108. The maximum atomic E-state index is 13.2. The quantitative estimate of drug-likeness (QED) is 0.0403. The van der Waals surface area contributed by atoms with Crippen LogP contribution < -0.4 is 49.5 Å². The van der Waals surface area contributed by atoms with Gasteiger partial charge in [0.25, 0.3) is 5.91 Å². The second-order valence-electron chi connectivity index (χ2n) is 17.2. The number of nitrogens with one attached hydrogen (secondary N) is 1. The van der Waals surface area contributed by atoms with Crippen LogP contribution in [0.4, 0.5) is 0 Å². The van der Waals surface area contributed by atoms with Gasteiger partial charge in [-0.15, -0.1) is 0 Å². The predicted molar refractivity (Wildman–Crippen MR) is 226 cm³/mol. The normalized spacial score (nSPS) is 13.2. The Hall–Kier alpha value is -2.69. The van der Waals surface area contributed by atoms with Crippen molar-refractivity contribution in [1.82, 2.24) is 5.32 Å². The summed E-state index contributed by atoms with van der Waals surface area (Å²) in [5.41, 5.74) is 5.09. The molecule has 0 aliphatic carbocycles. The van der Waals surface area contributed by atoms with Crippen LogP contribution in [0.25, 0.3) is 0 Å². The molecule has 3 rings (SSSR count). The molecule has 3 aromatic carbocycles. The number of nitrogens with zero attached hydrogens (tertiary/aromatic N) is 1. The molecule has 0 radical (unpaired) electrons. The van der Waals surface area contributed by atoms with Crippen LogP contribution in [0.15, 0.2) is 64.5 Å². The summed E-state index contributed by atoms with van der Waals surface area (Å²) < 4.78 is 34.4. The standard InChI is InChI=1S/C46H68N2O6S.Na/c1-13-43(5,6)34-19-21-39(37(30-34)45(9,10)15-3)53-25-17-23-47-41(49)32-27-33(29-36(28-32)55(51)52)42(50)48-24-18-26-54-40-22-20-35(44(7,8)14-2)31-38(40)46(11,12)16-4;/h19-22,27-31H,13-18,23-26H2,1-12H3,(H,47,49)(H,48,50)(H,51,52);/q;+1/p-1. The molecule has 1 atom stereocenters. The van der Waals surface area contributed by atoms with Crippen LogP contribution in [0.5, 0.6) is 11.5 Å². The SMILES string of the molecule is CCC(C)(C)c1ccc(OCCCN=C([O-])c2cc(C(=O)NCCCOc3ccc(C(C)(C)CC)cc3C(C)(C)CC)cc(S(=O)O)c2)c(C(C)(C)CC)c1.[Na+]. The Bertz CT molecular complexity index is 1820. The minimum Gasteiger partial charge on any atom is -0.858 e. The summed E-state index contributed by atoms with van der Waals surface area (Å²) in [5.74, 6) is 0.672. The van der Waals surface area contributed by atoms with E-state index in [4.69, 9.17) is 9.47 Å². The summed E-state index contributed by atoms with van der Waals surface area (Å²) in [6, 6.07) is 17.0. The summed E-state index contributed by atoms with van der Waals surface area (Å²) in [5, 5.41) is 16.0. The van der Waals surface area contributed by atoms with Gasteiger partial charge in [0.05, 0.1) is 18.1 Å². The summed E-state index contributed by atoms with van der Waals surface area (Å²) >= 11 is -2.39. The van der Waals surface area contributed by atoms with E-state index >= 15 is 0 Å². The molecule has 0 aliphatic heterocycles. The number of benzene rings is 3. The molecule has 1 unspecified atom stereocenters. The van der Waals surface area contributed by atoms with E-state index < -0.39 is 22.9 Å². The fraction of sp³-hybridized carbons (Fsp3) is 0.565. The average Bonchev–Trinajstić information content (AvgIpc) is 3.16. The van der Waals surface area contributed by atoms with Gasteiger partial charge in [-0.3, -0.25) is 4.79 Å². The van der Waals surface area contributed by atoms with Gasteiger partial charge >= 0.3 is 29.6 Å². The number of amides is 1. The van der Waals surface area contributed by atoms with Gasteiger partial charge in [0.1, 0.15) is 11.5 Å². The maximum absolute atomic E-state index is 13.2. The fourth-order valence-electron chi connectivity index (χ4n) is 6.03. The zero-order valence-corrected chi connectivity index (χ0v) is 39.4. The van der Waals surface area contributed by atoms with E-state index in [1.807, 2.05) is 0 Å². The predicted octanol–water partition coefficient (Wildman–Crippen LogP) is 6.80. The first-order valence-corrected chi connectivity index (χ1v) is 21.1. The monoisotopic (exact) mass is 798 g/mol. The fourth-order valence-corrected chi connectivity index (χ4v) is 6.49. The minimum absolute atomic E-state index is 0. The van der Waals surface area contributed by atoms with Crippen LogP contribution >= 0.6 is 0 Å². The van der Waals surface area contributed by atoms with E-state index in [-0.39, 0.29) is 73.8 Å². The van der Waals surface area contributed by atoms with Crippen LogP contribution in [0.1, 0.15) is 160 Å². The molecule has 2 N–H and O–H groups in total. The number of rotatable bonds is 21. The first kappa shape index (κ1) is 49.5. The zero-order valence-electron chi connectivity index (χ0n) is 36.6. The summed E-state index contributed by atoms with van der Waals surface area (Å²) in [4.78, 5) is 17.3. The third-order valence-electron chi connectivity index (χ3n) is 11.8. The molecular formula is C46H67N2NaO6S. The van der Waals surface area contributed by atoms with Gasteiger partial charge in [-0.25, -0.2) is 4.21 Å². The Morgan fingerprint density at radius 1 is 0.696 bits per heavy atom. The number of ether oxygens (including phenoxy) is 2. The smallest absolute Gasteiger partial charge is 0.858 e. The molecule has 0 aromatic heterocycles. The largest absolute Gasteiger partial charge is 1.00 e. The Morgan fingerprint density at radius 2 is 1.14 bits per heavy atom. The second-order valence-corrected chi connectivity index (χ2v) is 18.2. The van der Waals surface area contributed by atoms with Crippen LogP contribution in [-0.4, -0.2) is 46.9 Å². The van der Waals surface area contributed by atoms with E-state index in [1.165, 1.54) is 40.5 Å². The topological polar surface area (TPSA) is 120 Å². The third-order valence-corrected chi connectivity index (χ3v) is 12.5. The number of carbonyl (C=O) groups excluding carboxylic acids is 1. The van der Waals surface area contributed by atoms with Crippen molar-refractivity contribution in [3.05, 3.63) is 88.0 Å². The molecule has 0 fully saturated rings. The molecular weight excluding hydrogens is 732 g/mol. The van der Waals surface area contributed by atoms with Crippen molar-refractivity contribution in [2.45, 2.75) is 148 Å². The molecule has 0 saturated heterocycles. The Labute approximate surface area is 362 Å². The second kappa shape index (κ2) is 21.4. The molecule has 0 heterocycles. The minimum atomic E-state index is -2.39. The summed E-state index contributed by atoms with van der Waals surface area (Å²) in [7, 11) is 0. The van der Waals surface area contributed by atoms with Gasteiger partial charge in [0.2, 0.25) is 0 Å². The number of hydrogen-bond donors (Lipinski definition) is 2. The zero-order chi connectivity index (χ0) is 41.2. The van der Waals surface area contributed by atoms with E-state index in [0.29, 0.717) is 32.6 Å². The average molecular weight is 799 g/mol. The van der Waals surface area contributed by atoms with Gasteiger partial charge in [-0.1, -0.05) is 107 Å². The molecule has 10 heteroatoms. The molecule has 56 heavy (non-hydrogen) atoms. The molecule has 0 bridgehead atoms. The van der Waals surface area contributed by atoms with Crippen molar-refractivity contribution in [1.29, 1.82) is 0 Å². The number of carbonyl (C=O) groups is 1. The Kier molecular flexibility index (Phi) is 18.9. The molecule has 0 aliphatic rings. The van der Waals surface area contributed by atoms with E-state index in [9.17, 15) is 18.7 Å². The number of aliphatic imine (C=N–C) groups is 1. The first-order chi connectivity index (χ1) is 25.7. The van der Waals surface area contributed by atoms with Crippen molar-refractivity contribution < 1.29 is 57.7 Å². The van der Waals surface area contributed by atoms with Gasteiger partial charge in [-0.05, 0) is 107 Å². The van der Waals surface area contributed by atoms with Crippen molar-refractivity contribution >= 4 is 22.9 Å². The third kappa shape index (κ3) is 13.2. The van der Waals surface area contributed by atoms with Gasteiger partial charge in [-0.2, -0.15) is 0 Å². The van der Waals surface area contributed by atoms with E-state index in [1.54, 1.807) is 0 Å². The van der Waals surface area contributed by atoms with Crippen molar-refractivity contribution in [2.24, 2.45) is 4.99 Å². The summed E-state index contributed by atoms with van der Waals surface area (Å²) in [6.07, 6.45) is 5.03. The van der Waals surface area contributed by atoms with E-state index in [0.717, 1.165) is 37.2 Å². The van der Waals surface area contributed by atoms with Crippen LogP contribution in [0.3, 0.4) is 0 Å². The van der Waals surface area contributed by atoms with Crippen LogP contribution in [0, 0.1) is 0 Å². The van der Waals surface area contributed by atoms with Gasteiger partial charge in [0, 0.05) is 36.2 Å². The Morgan fingerprint density at radius 3 is 1.59 bits per heavy atom. The van der Waals surface area contributed by atoms with Gasteiger partial charge in [0.15, 0.2) is 11.1 Å². The molecule has 3 aromatic rings.